The van der Waals surface area contributed by atoms with Crippen molar-refractivity contribution < 1.29 is 4.79 Å². The summed E-state index contributed by atoms with van der Waals surface area (Å²) in [4.78, 5) is 17.0. The fourth-order valence-electron chi connectivity index (χ4n) is 1.43. The molecule has 2 rings (SSSR count). The molecule has 21 heavy (non-hydrogen) atoms. The zero-order chi connectivity index (χ0) is 15.2. The highest BCUT2D eigenvalue weighted by molar-refractivity contribution is 9.10. The van der Waals surface area contributed by atoms with E-state index in [0.717, 1.165) is 31.2 Å². The van der Waals surface area contributed by atoms with Gasteiger partial charge in [0.1, 0.15) is 5.40 Å². The van der Waals surface area contributed by atoms with Crippen LogP contribution in [-0.4, -0.2) is 16.6 Å². The summed E-state index contributed by atoms with van der Waals surface area (Å²) in [5.74, 6) is 0.225. The minimum absolute atomic E-state index is 0.0887. The molecule has 1 aromatic heterocycles. The van der Waals surface area contributed by atoms with Crippen molar-refractivity contribution in [2.24, 2.45) is 0 Å². The number of carbonyl (C=O) groups excluding carboxylic acids is 1. The van der Waals surface area contributed by atoms with E-state index in [1.165, 1.54) is 23.1 Å². The summed E-state index contributed by atoms with van der Waals surface area (Å²) in [6.45, 7) is 1.93. The maximum atomic E-state index is 11.9. The lowest BCUT2D eigenvalue weighted by Crippen LogP contribution is -2.14. The lowest BCUT2D eigenvalue weighted by Gasteiger charge is -2.07. The van der Waals surface area contributed by atoms with E-state index in [0.29, 0.717) is 11.4 Å². The van der Waals surface area contributed by atoms with Crippen molar-refractivity contribution in [3.63, 3.8) is 0 Å². The average Bonchev–Trinajstić information content (AvgIpc) is 2.86. The van der Waals surface area contributed by atoms with Crippen LogP contribution in [-0.2, 0) is 4.79 Å². The van der Waals surface area contributed by atoms with Crippen LogP contribution >= 0.6 is 50.8 Å². The van der Waals surface area contributed by atoms with E-state index in [-0.39, 0.29) is 5.91 Å². The first-order valence-corrected chi connectivity index (χ1v) is 9.26. The van der Waals surface area contributed by atoms with E-state index >= 15 is 0 Å². The molecular weight excluding hydrogens is 390 g/mol. The topological polar surface area (TPSA) is 65.8 Å². The molecule has 1 aromatic carbocycles. The molecule has 1 amide bonds. The quantitative estimate of drug-likeness (QED) is 0.591. The Morgan fingerprint density at radius 2 is 2.38 bits per heavy atom. The maximum Gasteiger partial charge on any atom is 0.234 e. The standard InChI is InChI=1S/C13H10BrN3OS3/c1-8-5-19-13(16-8)20-6-12(18)17-11-3-2-9(21-7-15)4-10(11)14/h2-5H,6H2,1H3,(H,17,18). The van der Waals surface area contributed by atoms with Crippen LogP contribution in [0.25, 0.3) is 0 Å². The Bertz CT molecular complexity index is 696. The van der Waals surface area contributed by atoms with Gasteiger partial charge in [-0.2, -0.15) is 5.26 Å². The molecular formula is C13H10BrN3OS3. The number of nitrogens with one attached hydrogen (secondary N) is 1. The van der Waals surface area contributed by atoms with Crippen molar-refractivity contribution in [2.75, 3.05) is 11.1 Å². The van der Waals surface area contributed by atoms with Gasteiger partial charge in [0.15, 0.2) is 4.34 Å². The Balaban J connectivity index is 1.92. The number of carbonyl (C=O) groups is 1. The number of hydrogen-bond donors (Lipinski definition) is 1. The van der Waals surface area contributed by atoms with E-state index in [2.05, 4.69) is 26.2 Å². The molecule has 0 atom stereocenters. The third-order valence-corrected chi connectivity index (χ3v) is 5.68. The summed E-state index contributed by atoms with van der Waals surface area (Å²) >= 11 is 7.43. The van der Waals surface area contributed by atoms with Gasteiger partial charge in [0.05, 0.1) is 11.4 Å². The van der Waals surface area contributed by atoms with Gasteiger partial charge >= 0.3 is 0 Å². The lowest BCUT2D eigenvalue weighted by molar-refractivity contribution is -0.113. The summed E-state index contributed by atoms with van der Waals surface area (Å²) in [6, 6.07) is 5.38. The molecule has 108 valence electrons. The Morgan fingerprint density at radius 1 is 1.57 bits per heavy atom. The fourth-order valence-corrected chi connectivity index (χ4v) is 4.12. The highest BCUT2D eigenvalue weighted by atomic mass is 79.9. The monoisotopic (exact) mass is 399 g/mol. The molecule has 2 aromatic rings. The van der Waals surface area contributed by atoms with Crippen molar-refractivity contribution in [3.8, 4) is 5.40 Å². The number of halogens is 1. The molecule has 1 heterocycles. The summed E-state index contributed by atoms with van der Waals surface area (Å²) < 4.78 is 1.65. The minimum Gasteiger partial charge on any atom is -0.324 e. The fraction of sp³-hybridized carbons (Fsp3) is 0.154. The van der Waals surface area contributed by atoms with Crippen molar-refractivity contribution in [3.05, 3.63) is 33.7 Å². The summed E-state index contributed by atoms with van der Waals surface area (Å²) in [6.07, 6.45) is 0. The molecule has 8 heteroatoms. The number of benzene rings is 1. The number of thiazole rings is 1. The Kier molecular flexibility index (Phi) is 6.11. The van der Waals surface area contributed by atoms with Gasteiger partial charge in [-0.05, 0) is 52.8 Å². The molecule has 1 N–H and O–H groups in total. The molecule has 0 fully saturated rings. The van der Waals surface area contributed by atoms with Crippen LogP contribution < -0.4 is 5.32 Å². The SMILES string of the molecule is Cc1csc(SCC(=O)Nc2ccc(SC#N)cc2Br)n1. The van der Waals surface area contributed by atoms with Crippen molar-refractivity contribution in [1.82, 2.24) is 4.98 Å². The van der Waals surface area contributed by atoms with Gasteiger partial charge < -0.3 is 5.32 Å². The molecule has 0 aliphatic carbocycles. The second-order valence-electron chi connectivity index (χ2n) is 3.93. The van der Waals surface area contributed by atoms with Gasteiger partial charge in [-0.15, -0.1) is 11.3 Å². The Labute approximate surface area is 143 Å². The van der Waals surface area contributed by atoms with Crippen LogP contribution in [0.1, 0.15) is 5.69 Å². The molecule has 4 nitrogen and oxygen atoms in total. The van der Waals surface area contributed by atoms with E-state index in [1.54, 1.807) is 18.2 Å². The van der Waals surface area contributed by atoms with E-state index in [9.17, 15) is 4.79 Å². The average molecular weight is 400 g/mol. The second kappa shape index (κ2) is 7.84. The Morgan fingerprint density at radius 3 is 3.00 bits per heavy atom. The number of nitrogens with zero attached hydrogens (tertiary/aromatic N) is 2. The Hall–Kier alpha value is -1.01. The predicted molar refractivity (Wildman–Crippen MR) is 91.8 cm³/mol. The molecule has 0 aliphatic heterocycles. The molecule has 0 spiro atoms. The van der Waals surface area contributed by atoms with Crippen LogP contribution in [0.5, 0.6) is 0 Å². The van der Waals surface area contributed by atoms with Gasteiger partial charge in [-0.1, -0.05) is 11.8 Å². The van der Waals surface area contributed by atoms with Gasteiger partial charge in [0.2, 0.25) is 5.91 Å². The first kappa shape index (κ1) is 16.4. The number of thioether (sulfide) groups is 2. The second-order valence-corrected chi connectivity index (χ2v) is 7.72. The number of aryl methyl sites for hydroxylation is 1. The van der Waals surface area contributed by atoms with Crippen LogP contribution in [0.3, 0.4) is 0 Å². The molecule has 0 unspecified atom stereocenters. The number of rotatable bonds is 5. The van der Waals surface area contributed by atoms with Crippen LogP contribution in [0, 0.1) is 17.6 Å². The summed E-state index contributed by atoms with van der Waals surface area (Å²) in [5, 5.41) is 15.4. The van der Waals surface area contributed by atoms with Gasteiger partial charge in [0.25, 0.3) is 0 Å². The third kappa shape index (κ3) is 5.04. The molecule has 0 saturated carbocycles. The summed E-state index contributed by atoms with van der Waals surface area (Å²) in [7, 11) is 0. The predicted octanol–water partition coefficient (Wildman–Crippen LogP) is 4.52. The number of amides is 1. The third-order valence-electron chi connectivity index (χ3n) is 2.30. The number of thiocyanates is 1. The van der Waals surface area contributed by atoms with Crippen molar-refractivity contribution in [2.45, 2.75) is 16.2 Å². The lowest BCUT2D eigenvalue weighted by atomic mass is 10.3. The zero-order valence-corrected chi connectivity index (χ0v) is 15.0. The van der Waals surface area contributed by atoms with E-state index in [4.69, 9.17) is 5.26 Å². The van der Waals surface area contributed by atoms with Crippen molar-refractivity contribution in [1.29, 1.82) is 5.26 Å². The highest BCUT2D eigenvalue weighted by Crippen LogP contribution is 2.29. The number of anilines is 1. The zero-order valence-electron chi connectivity index (χ0n) is 10.9. The van der Waals surface area contributed by atoms with Gasteiger partial charge in [0, 0.05) is 20.4 Å². The number of aromatic nitrogens is 1. The smallest absolute Gasteiger partial charge is 0.234 e. The van der Waals surface area contributed by atoms with Crippen LogP contribution in [0.2, 0.25) is 0 Å². The molecule has 0 bridgehead atoms. The van der Waals surface area contributed by atoms with E-state index < -0.39 is 0 Å². The first-order chi connectivity index (χ1) is 10.1. The molecule has 0 radical (unpaired) electrons. The van der Waals surface area contributed by atoms with Crippen molar-refractivity contribution >= 4 is 62.4 Å². The molecule has 0 aliphatic rings. The highest BCUT2D eigenvalue weighted by Gasteiger charge is 2.09. The van der Waals surface area contributed by atoms with E-state index in [1.807, 2.05) is 17.7 Å². The normalized spacial score (nSPS) is 10.1. The van der Waals surface area contributed by atoms with Crippen LogP contribution in [0.15, 0.2) is 37.3 Å². The van der Waals surface area contributed by atoms with Gasteiger partial charge in [-0.25, -0.2) is 4.98 Å². The first-order valence-electron chi connectivity index (χ1n) is 5.79. The maximum absolute atomic E-state index is 11.9. The summed E-state index contributed by atoms with van der Waals surface area (Å²) in [5.41, 5.74) is 1.66. The van der Waals surface area contributed by atoms with Gasteiger partial charge in [-0.3, -0.25) is 4.79 Å². The minimum atomic E-state index is -0.0887. The van der Waals surface area contributed by atoms with Crippen LogP contribution in [0.4, 0.5) is 5.69 Å². The number of hydrogen-bond acceptors (Lipinski definition) is 6. The number of nitriles is 1. The largest absolute Gasteiger partial charge is 0.324 e. The molecule has 0 saturated heterocycles.